The molecule has 0 aliphatic carbocycles. The molecule has 2 rings (SSSR count). The minimum absolute atomic E-state index is 0. The molecule has 1 unspecified atom stereocenters. The van der Waals surface area contributed by atoms with Crippen molar-refractivity contribution < 1.29 is 10.0 Å². The molecule has 0 spiro atoms. The smallest absolute Gasteiger partial charge is 0.427 e. The Kier molecular flexibility index (Phi) is 8.79. The zero-order chi connectivity index (χ0) is 15.8. The third-order valence-corrected chi connectivity index (χ3v) is 3.57. The second-order valence-corrected chi connectivity index (χ2v) is 5.37. The number of aromatic nitrogens is 4. The normalized spacial score (nSPS) is 11.8. The maximum Gasteiger partial charge on any atom is 0.451 e. The fourth-order valence-corrected chi connectivity index (χ4v) is 2.34. The van der Waals surface area contributed by atoms with Gasteiger partial charge in [-0.05, 0) is 35.2 Å². The van der Waals surface area contributed by atoms with E-state index >= 15 is 0 Å². The molecule has 0 saturated carbocycles. The number of aryl methyl sites for hydroxylation is 2. The molecule has 1 atom stereocenters. The SMILES string of the molecule is Cl.NC(CCCCB(O)O)c1nnnn1CCc1ccccc1. The molecule has 4 N–H and O–H groups in total. The summed E-state index contributed by atoms with van der Waals surface area (Å²) in [6, 6.07) is 9.93. The minimum atomic E-state index is -1.24. The van der Waals surface area contributed by atoms with Crippen molar-refractivity contribution in [1.29, 1.82) is 0 Å². The molecule has 0 fully saturated rings. The van der Waals surface area contributed by atoms with Crippen molar-refractivity contribution in [2.24, 2.45) is 5.73 Å². The largest absolute Gasteiger partial charge is 0.451 e. The van der Waals surface area contributed by atoms with Gasteiger partial charge < -0.3 is 15.8 Å². The quantitative estimate of drug-likeness (QED) is 0.464. The maximum absolute atomic E-state index is 8.81. The third kappa shape index (κ3) is 6.66. The number of unbranched alkanes of at least 4 members (excludes halogenated alkanes) is 1. The van der Waals surface area contributed by atoms with E-state index in [9.17, 15) is 0 Å². The summed E-state index contributed by atoms with van der Waals surface area (Å²) in [7, 11) is -1.24. The van der Waals surface area contributed by atoms with Gasteiger partial charge >= 0.3 is 7.12 Å². The highest BCUT2D eigenvalue weighted by Crippen LogP contribution is 2.15. The molecule has 0 amide bonds. The van der Waals surface area contributed by atoms with Crippen LogP contribution >= 0.6 is 12.4 Å². The summed E-state index contributed by atoms with van der Waals surface area (Å²) in [4.78, 5) is 0. The predicted molar refractivity (Wildman–Crippen MR) is 91.0 cm³/mol. The number of hydrogen-bond acceptors (Lipinski definition) is 6. The molecule has 0 bridgehead atoms. The van der Waals surface area contributed by atoms with E-state index in [4.69, 9.17) is 15.8 Å². The van der Waals surface area contributed by atoms with Crippen molar-refractivity contribution in [3.8, 4) is 0 Å². The van der Waals surface area contributed by atoms with Gasteiger partial charge in [-0.1, -0.05) is 43.2 Å². The third-order valence-electron chi connectivity index (χ3n) is 3.57. The first-order valence-electron chi connectivity index (χ1n) is 7.58. The highest BCUT2D eigenvalue weighted by atomic mass is 35.5. The first-order chi connectivity index (χ1) is 10.7. The van der Waals surface area contributed by atoms with Gasteiger partial charge in [0.1, 0.15) is 0 Å². The van der Waals surface area contributed by atoms with Crippen LogP contribution in [0.25, 0.3) is 0 Å². The zero-order valence-electron chi connectivity index (χ0n) is 13.0. The van der Waals surface area contributed by atoms with E-state index in [2.05, 4.69) is 27.7 Å². The molecular formula is C14H23BClN5O2. The van der Waals surface area contributed by atoms with E-state index in [0.29, 0.717) is 18.7 Å². The highest BCUT2D eigenvalue weighted by Gasteiger charge is 2.15. The van der Waals surface area contributed by atoms with E-state index < -0.39 is 7.12 Å². The lowest BCUT2D eigenvalue weighted by molar-refractivity contribution is 0.400. The average molecular weight is 340 g/mol. The van der Waals surface area contributed by atoms with Crippen molar-refractivity contribution in [1.82, 2.24) is 20.2 Å². The number of halogens is 1. The number of rotatable bonds is 9. The summed E-state index contributed by atoms with van der Waals surface area (Å²) in [5, 5.41) is 29.4. The Morgan fingerprint density at radius 1 is 1.17 bits per heavy atom. The van der Waals surface area contributed by atoms with Gasteiger partial charge in [0, 0.05) is 6.54 Å². The van der Waals surface area contributed by atoms with Crippen LogP contribution in [0.2, 0.25) is 6.32 Å². The maximum atomic E-state index is 8.81. The van der Waals surface area contributed by atoms with Crippen LogP contribution in [0.4, 0.5) is 0 Å². The fraction of sp³-hybridized carbons (Fsp3) is 0.500. The molecule has 126 valence electrons. The summed E-state index contributed by atoms with van der Waals surface area (Å²) in [6.07, 6.45) is 3.47. The van der Waals surface area contributed by atoms with Crippen molar-refractivity contribution in [3.63, 3.8) is 0 Å². The molecule has 7 nitrogen and oxygen atoms in total. The van der Waals surface area contributed by atoms with Gasteiger partial charge in [-0.25, -0.2) is 4.68 Å². The number of tetrazole rings is 1. The second-order valence-electron chi connectivity index (χ2n) is 5.37. The molecule has 2 aromatic rings. The molecule has 1 heterocycles. The van der Waals surface area contributed by atoms with E-state index in [1.807, 2.05) is 18.2 Å². The van der Waals surface area contributed by atoms with Crippen molar-refractivity contribution in [2.45, 2.75) is 44.6 Å². The summed E-state index contributed by atoms with van der Waals surface area (Å²) in [5.74, 6) is 0.681. The Hall–Kier alpha value is -1.48. The van der Waals surface area contributed by atoms with Crippen molar-refractivity contribution >= 4 is 19.5 Å². The van der Waals surface area contributed by atoms with Crippen LogP contribution in [-0.2, 0) is 13.0 Å². The molecule has 1 aromatic carbocycles. The van der Waals surface area contributed by atoms with Crippen LogP contribution < -0.4 is 5.73 Å². The lowest BCUT2D eigenvalue weighted by atomic mass is 9.83. The molecule has 0 aliphatic rings. The second kappa shape index (κ2) is 10.3. The molecular weight excluding hydrogens is 316 g/mol. The van der Waals surface area contributed by atoms with Gasteiger partial charge in [-0.2, -0.15) is 0 Å². The Labute approximate surface area is 142 Å². The molecule has 0 radical (unpaired) electrons. The number of nitrogens with two attached hydrogens (primary N) is 1. The molecule has 0 saturated heterocycles. The van der Waals surface area contributed by atoms with E-state index in [0.717, 1.165) is 25.7 Å². The van der Waals surface area contributed by atoms with Gasteiger partial charge in [0.05, 0.1) is 6.04 Å². The van der Waals surface area contributed by atoms with Crippen LogP contribution in [-0.4, -0.2) is 37.4 Å². The zero-order valence-corrected chi connectivity index (χ0v) is 13.8. The van der Waals surface area contributed by atoms with Crippen molar-refractivity contribution in [3.05, 3.63) is 41.7 Å². The molecule has 1 aromatic heterocycles. The van der Waals surface area contributed by atoms with E-state index in [1.165, 1.54) is 5.56 Å². The highest BCUT2D eigenvalue weighted by molar-refractivity contribution is 6.40. The molecule has 23 heavy (non-hydrogen) atoms. The lowest BCUT2D eigenvalue weighted by Gasteiger charge is -2.11. The molecule has 0 aliphatic heterocycles. The van der Waals surface area contributed by atoms with Crippen LogP contribution in [0.5, 0.6) is 0 Å². The van der Waals surface area contributed by atoms with Crippen LogP contribution in [0.15, 0.2) is 30.3 Å². The van der Waals surface area contributed by atoms with Crippen LogP contribution in [0, 0.1) is 0 Å². The lowest BCUT2D eigenvalue weighted by Crippen LogP contribution is -2.18. The first kappa shape index (κ1) is 19.6. The Bertz CT molecular complexity index is 555. The topological polar surface area (TPSA) is 110 Å². The Balaban J connectivity index is 0.00000264. The average Bonchev–Trinajstić information content (AvgIpc) is 2.99. The van der Waals surface area contributed by atoms with Gasteiger partial charge in [0.2, 0.25) is 0 Å². The van der Waals surface area contributed by atoms with Crippen LogP contribution in [0.3, 0.4) is 0 Å². The standard InChI is InChI=1S/C14H22BN5O2.ClH/c16-13(8-4-5-10-15(21)22)14-17-18-19-20(14)11-9-12-6-2-1-3-7-12;/h1-3,6-7,13,21-22H,4-5,8-11,16H2;1H. The predicted octanol–water partition coefficient (Wildman–Crippen LogP) is 0.980. The summed E-state index contributed by atoms with van der Waals surface area (Å²) in [5.41, 5.74) is 7.37. The fourth-order valence-electron chi connectivity index (χ4n) is 2.34. The molecule has 9 heteroatoms. The van der Waals surface area contributed by atoms with Gasteiger partial charge in [-0.3, -0.25) is 0 Å². The monoisotopic (exact) mass is 339 g/mol. The summed E-state index contributed by atoms with van der Waals surface area (Å²) in [6.45, 7) is 0.690. The Morgan fingerprint density at radius 2 is 1.91 bits per heavy atom. The van der Waals surface area contributed by atoms with Gasteiger partial charge in [0.25, 0.3) is 0 Å². The van der Waals surface area contributed by atoms with Gasteiger partial charge in [-0.15, -0.1) is 17.5 Å². The van der Waals surface area contributed by atoms with Crippen LogP contribution in [0.1, 0.15) is 36.7 Å². The summed E-state index contributed by atoms with van der Waals surface area (Å²) < 4.78 is 1.75. The summed E-state index contributed by atoms with van der Waals surface area (Å²) >= 11 is 0. The number of hydrogen-bond donors (Lipinski definition) is 3. The Morgan fingerprint density at radius 3 is 2.61 bits per heavy atom. The van der Waals surface area contributed by atoms with E-state index in [1.54, 1.807) is 4.68 Å². The van der Waals surface area contributed by atoms with Gasteiger partial charge in [0.15, 0.2) is 5.82 Å². The first-order valence-corrected chi connectivity index (χ1v) is 7.58. The number of benzene rings is 1. The number of nitrogens with zero attached hydrogens (tertiary/aromatic N) is 4. The minimum Gasteiger partial charge on any atom is -0.427 e. The van der Waals surface area contributed by atoms with Crippen molar-refractivity contribution in [2.75, 3.05) is 0 Å². The van der Waals surface area contributed by atoms with E-state index in [-0.39, 0.29) is 18.4 Å².